The summed E-state index contributed by atoms with van der Waals surface area (Å²) in [6.45, 7) is 5.48. The molecule has 0 fully saturated rings. The zero-order valence-electron chi connectivity index (χ0n) is 10.3. The maximum Gasteiger partial charge on any atom is 0.221 e. The molecule has 1 heterocycles. The summed E-state index contributed by atoms with van der Waals surface area (Å²) >= 11 is 0. The van der Waals surface area contributed by atoms with Crippen LogP contribution < -0.4 is 10.6 Å². The quantitative estimate of drug-likeness (QED) is 0.756. The maximum absolute atomic E-state index is 11.5. The lowest BCUT2D eigenvalue weighted by Gasteiger charge is -2.09. The van der Waals surface area contributed by atoms with Crippen LogP contribution in [0.15, 0.2) is 18.3 Å². The van der Waals surface area contributed by atoms with Crippen molar-refractivity contribution in [3.05, 3.63) is 24.0 Å². The van der Waals surface area contributed by atoms with Gasteiger partial charge < -0.3 is 15.2 Å². The fourth-order valence-corrected chi connectivity index (χ4v) is 1.43. The minimum atomic E-state index is 0.0920. The maximum atomic E-state index is 11.5. The lowest BCUT2D eigenvalue weighted by Crippen LogP contribution is -2.30. The van der Waals surface area contributed by atoms with E-state index in [1.54, 1.807) is 0 Å². The van der Waals surface area contributed by atoms with Crippen LogP contribution in [-0.4, -0.2) is 23.1 Å². The lowest BCUT2D eigenvalue weighted by atomic mass is 10.3. The van der Waals surface area contributed by atoms with Crippen LogP contribution in [0.1, 0.15) is 26.0 Å². The number of nitrogens with zero attached hydrogens (tertiary/aromatic N) is 1. The van der Waals surface area contributed by atoms with E-state index < -0.39 is 0 Å². The van der Waals surface area contributed by atoms with E-state index in [1.165, 1.54) is 0 Å². The number of aromatic nitrogens is 1. The number of carbonyl (C=O) groups is 1. The van der Waals surface area contributed by atoms with E-state index in [-0.39, 0.29) is 5.91 Å². The Hall–Kier alpha value is -1.29. The van der Waals surface area contributed by atoms with Crippen molar-refractivity contribution in [1.82, 2.24) is 15.2 Å². The van der Waals surface area contributed by atoms with Crippen molar-refractivity contribution < 1.29 is 4.79 Å². The highest BCUT2D eigenvalue weighted by atomic mass is 16.1. The molecule has 16 heavy (non-hydrogen) atoms. The van der Waals surface area contributed by atoms with Gasteiger partial charge in [0.15, 0.2) is 0 Å². The van der Waals surface area contributed by atoms with Gasteiger partial charge in [-0.1, -0.05) is 13.8 Å². The molecule has 1 rings (SSSR count). The smallest absolute Gasteiger partial charge is 0.221 e. The Bertz CT molecular complexity index is 331. The molecule has 2 N–H and O–H groups in total. The Balaban J connectivity index is 2.18. The third-order valence-corrected chi connectivity index (χ3v) is 2.42. The molecule has 1 amide bonds. The van der Waals surface area contributed by atoms with Crippen LogP contribution in [0.5, 0.6) is 0 Å². The van der Waals surface area contributed by atoms with E-state index >= 15 is 0 Å². The van der Waals surface area contributed by atoms with Gasteiger partial charge in [0.05, 0.1) is 6.54 Å². The summed E-state index contributed by atoms with van der Waals surface area (Å²) in [5, 5.41) is 6.11. The molecule has 4 heteroatoms. The lowest BCUT2D eigenvalue weighted by molar-refractivity contribution is -0.121. The van der Waals surface area contributed by atoms with Gasteiger partial charge in [0.25, 0.3) is 0 Å². The SMILES string of the molecule is CC(C)NCCC(=O)NCc1cccn1C. The third-order valence-electron chi connectivity index (χ3n) is 2.42. The van der Waals surface area contributed by atoms with E-state index in [0.717, 1.165) is 12.2 Å². The van der Waals surface area contributed by atoms with Crippen LogP contribution in [0.25, 0.3) is 0 Å². The molecule has 0 aliphatic heterocycles. The minimum absolute atomic E-state index is 0.0920. The van der Waals surface area contributed by atoms with Crippen LogP contribution in [0.3, 0.4) is 0 Å². The number of hydrogen-bond acceptors (Lipinski definition) is 2. The fraction of sp³-hybridized carbons (Fsp3) is 0.583. The summed E-state index contributed by atoms with van der Waals surface area (Å²) in [5.41, 5.74) is 1.12. The monoisotopic (exact) mass is 223 g/mol. The highest BCUT2D eigenvalue weighted by molar-refractivity contribution is 5.75. The Kier molecular flexibility index (Phi) is 5.05. The first-order chi connectivity index (χ1) is 7.59. The van der Waals surface area contributed by atoms with Crippen molar-refractivity contribution in [2.45, 2.75) is 32.9 Å². The molecule has 0 bridgehead atoms. The molecular weight excluding hydrogens is 202 g/mol. The van der Waals surface area contributed by atoms with Crippen molar-refractivity contribution in [1.29, 1.82) is 0 Å². The van der Waals surface area contributed by atoms with Crippen molar-refractivity contribution in [2.24, 2.45) is 7.05 Å². The highest BCUT2D eigenvalue weighted by Gasteiger charge is 2.02. The summed E-state index contributed by atoms with van der Waals surface area (Å²) in [6.07, 6.45) is 2.50. The summed E-state index contributed by atoms with van der Waals surface area (Å²) in [6, 6.07) is 4.41. The zero-order valence-corrected chi connectivity index (χ0v) is 10.3. The number of aryl methyl sites for hydroxylation is 1. The Morgan fingerprint density at radius 2 is 2.25 bits per heavy atom. The van der Waals surface area contributed by atoms with Gasteiger partial charge in [-0.05, 0) is 12.1 Å². The largest absolute Gasteiger partial charge is 0.353 e. The first-order valence-electron chi connectivity index (χ1n) is 5.70. The molecule has 0 unspecified atom stereocenters. The molecular formula is C12H21N3O. The van der Waals surface area contributed by atoms with Gasteiger partial charge in [-0.25, -0.2) is 0 Å². The van der Waals surface area contributed by atoms with Gasteiger partial charge in [-0.3, -0.25) is 4.79 Å². The van der Waals surface area contributed by atoms with E-state index in [4.69, 9.17) is 0 Å². The molecule has 0 atom stereocenters. The molecule has 0 aliphatic carbocycles. The number of amides is 1. The standard InChI is InChI=1S/C12H21N3O/c1-10(2)13-7-6-12(16)14-9-11-5-4-8-15(11)3/h4-5,8,10,13H,6-7,9H2,1-3H3,(H,14,16). The van der Waals surface area contributed by atoms with E-state index in [9.17, 15) is 4.79 Å². The molecule has 0 saturated carbocycles. The van der Waals surface area contributed by atoms with Crippen molar-refractivity contribution >= 4 is 5.91 Å². The first-order valence-corrected chi connectivity index (χ1v) is 5.70. The minimum Gasteiger partial charge on any atom is -0.353 e. The highest BCUT2D eigenvalue weighted by Crippen LogP contribution is 1.98. The second-order valence-electron chi connectivity index (χ2n) is 4.25. The van der Waals surface area contributed by atoms with Crippen molar-refractivity contribution in [3.63, 3.8) is 0 Å². The Labute approximate surface area is 97.0 Å². The van der Waals surface area contributed by atoms with Crippen LogP contribution in [0.4, 0.5) is 0 Å². The zero-order chi connectivity index (χ0) is 12.0. The number of carbonyl (C=O) groups excluding carboxylic acids is 1. The number of hydrogen-bond donors (Lipinski definition) is 2. The molecule has 0 aliphatic rings. The molecule has 0 radical (unpaired) electrons. The van der Waals surface area contributed by atoms with Gasteiger partial charge >= 0.3 is 0 Å². The van der Waals surface area contributed by atoms with Crippen LogP contribution in [0.2, 0.25) is 0 Å². The van der Waals surface area contributed by atoms with Gasteiger partial charge in [-0.2, -0.15) is 0 Å². The molecule has 90 valence electrons. The van der Waals surface area contributed by atoms with Crippen LogP contribution in [-0.2, 0) is 18.4 Å². The van der Waals surface area contributed by atoms with E-state index in [2.05, 4.69) is 24.5 Å². The second-order valence-corrected chi connectivity index (χ2v) is 4.25. The van der Waals surface area contributed by atoms with Crippen molar-refractivity contribution in [2.75, 3.05) is 6.54 Å². The van der Waals surface area contributed by atoms with Gasteiger partial charge in [0, 0.05) is 37.9 Å². The number of rotatable bonds is 6. The average Bonchev–Trinajstić information content (AvgIpc) is 2.60. The predicted molar refractivity (Wildman–Crippen MR) is 65.0 cm³/mol. The Morgan fingerprint density at radius 1 is 1.50 bits per heavy atom. The second kappa shape index (κ2) is 6.33. The normalized spacial score (nSPS) is 10.8. The fourth-order valence-electron chi connectivity index (χ4n) is 1.43. The van der Waals surface area contributed by atoms with Crippen LogP contribution >= 0.6 is 0 Å². The third kappa shape index (κ3) is 4.49. The summed E-state index contributed by atoms with van der Waals surface area (Å²) < 4.78 is 2.01. The topological polar surface area (TPSA) is 46.1 Å². The summed E-state index contributed by atoms with van der Waals surface area (Å²) in [5.74, 6) is 0.0920. The first kappa shape index (κ1) is 12.8. The summed E-state index contributed by atoms with van der Waals surface area (Å²) in [7, 11) is 1.97. The average molecular weight is 223 g/mol. The molecule has 1 aromatic rings. The van der Waals surface area contributed by atoms with Crippen molar-refractivity contribution in [3.8, 4) is 0 Å². The van der Waals surface area contributed by atoms with Gasteiger partial charge in [-0.15, -0.1) is 0 Å². The predicted octanol–water partition coefficient (Wildman–Crippen LogP) is 1.03. The molecule has 0 saturated heterocycles. The molecule has 4 nitrogen and oxygen atoms in total. The van der Waals surface area contributed by atoms with E-state index in [0.29, 0.717) is 19.0 Å². The number of nitrogens with one attached hydrogen (secondary N) is 2. The van der Waals surface area contributed by atoms with Gasteiger partial charge in [0.1, 0.15) is 0 Å². The molecule has 1 aromatic heterocycles. The molecule has 0 aromatic carbocycles. The summed E-state index contributed by atoms with van der Waals surface area (Å²) in [4.78, 5) is 11.5. The van der Waals surface area contributed by atoms with Crippen LogP contribution in [0, 0.1) is 0 Å². The van der Waals surface area contributed by atoms with E-state index in [1.807, 2.05) is 29.9 Å². The Morgan fingerprint density at radius 3 is 2.81 bits per heavy atom. The molecule has 0 spiro atoms. The van der Waals surface area contributed by atoms with Gasteiger partial charge in [0.2, 0.25) is 5.91 Å².